The highest BCUT2D eigenvalue weighted by atomic mass is 15.3. The first kappa shape index (κ1) is 9.94. The molecule has 1 heterocycles. The molecule has 2 aliphatic rings. The zero-order chi connectivity index (χ0) is 11.1. The maximum atomic E-state index is 4.18. The smallest absolute Gasteiger partial charge is 0.0728 e. The molecule has 16 heavy (non-hydrogen) atoms. The Labute approximate surface area is 96.5 Å². The van der Waals surface area contributed by atoms with Gasteiger partial charge in [-0.15, -0.1) is 0 Å². The van der Waals surface area contributed by atoms with E-state index in [9.17, 15) is 0 Å². The molecule has 3 rings (SSSR count). The second kappa shape index (κ2) is 3.65. The van der Waals surface area contributed by atoms with Gasteiger partial charge in [0.2, 0.25) is 0 Å². The summed E-state index contributed by atoms with van der Waals surface area (Å²) in [6.07, 6.45) is 11.5. The zero-order valence-electron chi connectivity index (χ0n) is 9.93. The summed E-state index contributed by atoms with van der Waals surface area (Å²) in [5.74, 6) is 2.47. The van der Waals surface area contributed by atoms with Crippen LogP contribution in [0.4, 0.5) is 5.69 Å². The quantitative estimate of drug-likeness (QED) is 0.788. The van der Waals surface area contributed by atoms with Crippen LogP contribution in [0.25, 0.3) is 0 Å². The third-order valence-electron chi connectivity index (χ3n) is 4.07. The zero-order valence-corrected chi connectivity index (χ0v) is 9.93. The molecule has 1 fully saturated rings. The molecule has 1 aromatic rings. The van der Waals surface area contributed by atoms with Crippen LogP contribution in [0.2, 0.25) is 0 Å². The summed E-state index contributed by atoms with van der Waals surface area (Å²) in [5.41, 5.74) is 1.14. The van der Waals surface area contributed by atoms with Gasteiger partial charge in [-0.1, -0.05) is 12.2 Å². The summed E-state index contributed by atoms with van der Waals surface area (Å²) in [4.78, 5) is 0. The highest BCUT2D eigenvalue weighted by molar-refractivity contribution is 5.39. The molecular weight excluding hydrogens is 198 g/mol. The average Bonchev–Trinajstić information content (AvgIpc) is 2.93. The van der Waals surface area contributed by atoms with Crippen molar-refractivity contribution in [2.24, 2.45) is 24.8 Å². The highest BCUT2D eigenvalue weighted by Gasteiger charge is 2.38. The molecule has 0 amide bonds. The molecule has 2 aliphatic carbocycles. The van der Waals surface area contributed by atoms with Crippen molar-refractivity contribution in [3.8, 4) is 0 Å². The van der Waals surface area contributed by atoms with Crippen molar-refractivity contribution in [2.45, 2.75) is 25.8 Å². The van der Waals surface area contributed by atoms with Gasteiger partial charge in [0.05, 0.1) is 11.9 Å². The number of nitrogens with zero attached hydrogens (tertiary/aromatic N) is 2. The van der Waals surface area contributed by atoms with Gasteiger partial charge in [0.15, 0.2) is 0 Å². The van der Waals surface area contributed by atoms with Gasteiger partial charge in [-0.2, -0.15) is 5.10 Å². The molecule has 3 heteroatoms. The Balaban J connectivity index is 1.65. The van der Waals surface area contributed by atoms with Crippen molar-refractivity contribution < 1.29 is 0 Å². The Morgan fingerprint density at radius 1 is 1.44 bits per heavy atom. The number of aromatic nitrogens is 2. The maximum Gasteiger partial charge on any atom is 0.0728 e. The molecular formula is C13H19N3. The van der Waals surface area contributed by atoms with E-state index in [1.54, 1.807) is 0 Å². The van der Waals surface area contributed by atoms with Gasteiger partial charge in [-0.3, -0.25) is 4.68 Å². The minimum Gasteiger partial charge on any atom is -0.380 e. The van der Waals surface area contributed by atoms with Crippen LogP contribution in [-0.2, 0) is 7.05 Å². The predicted molar refractivity (Wildman–Crippen MR) is 65.1 cm³/mol. The van der Waals surface area contributed by atoms with Crippen LogP contribution in [0.5, 0.6) is 0 Å². The van der Waals surface area contributed by atoms with Crippen LogP contribution in [0.1, 0.15) is 19.8 Å². The van der Waals surface area contributed by atoms with Crippen LogP contribution >= 0.6 is 0 Å². The lowest BCUT2D eigenvalue weighted by Crippen LogP contribution is -2.28. The fraction of sp³-hybridized carbons (Fsp3) is 0.615. The second-order valence-corrected chi connectivity index (χ2v) is 5.28. The number of nitrogens with one attached hydrogen (secondary N) is 1. The van der Waals surface area contributed by atoms with Gasteiger partial charge >= 0.3 is 0 Å². The van der Waals surface area contributed by atoms with Crippen LogP contribution in [0.3, 0.4) is 0 Å². The summed E-state index contributed by atoms with van der Waals surface area (Å²) in [5, 5.41) is 7.76. The normalized spacial score (nSPS) is 33.2. The molecule has 3 nitrogen and oxygen atoms in total. The molecule has 1 saturated carbocycles. The van der Waals surface area contributed by atoms with Crippen LogP contribution in [-0.4, -0.2) is 15.8 Å². The van der Waals surface area contributed by atoms with Gasteiger partial charge in [-0.05, 0) is 37.5 Å². The van der Waals surface area contributed by atoms with Crippen molar-refractivity contribution in [3.05, 3.63) is 24.5 Å². The Morgan fingerprint density at radius 2 is 2.31 bits per heavy atom. The van der Waals surface area contributed by atoms with Crippen LogP contribution in [0, 0.1) is 17.8 Å². The van der Waals surface area contributed by atoms with Gasteiger partial charge < -0.3 is 5.32 Å². The Hall–Kier alpha value is -1.25. The summed E-state index contributed by atoms with van der Waals surface area (Å²) in [6.45, 7) is 2.30. The largest absolute Gasteiger partial charge is 0.380 e. The molecule has 4 atom stereocenters. The van der Waals surface area contributed by atoms with Crippen LogP contribution in [0.15, 0.2) is 24.5 Å². The summed E-state index contributed by atoms with van der Waals surface area (Å²) in [7, 11) is 1.95. The second-order valence-electron chi connectivity index (χ2n) is 5.28. The van der Waals surface area contributed by atoms with E-state index in [1.165, 1.54) is 12.8 Å². The molecule has 4 unspecified atom stereocenters. The molecule has 1 N–H and O–H groups in total. The monoisotopic (exact) mass is 217 g/mol. The molecule has 0 aromatic carbocycles. The van der Waals surface area contributed by atoms with E-state index >= 15 is 0 Å². The minimum absolute atomic E-state index is 0.546. The fourth-order valence-electron chi connectivity index (χ4n) is 3.26. The lowest BCUT2D eigenvalue weighted by atomic mass is 9.87. The number of hydrogen-bond acceptors (Lipinski definition) is 2. The molecule has 1 aromatic heterocycles. The molecule has 0 saturated heterocycles. The Bertz CT molecular complexity index is 407. The molecule has 86 valence electrons. The third kappa shape index (κ3) is 1.64. The third-order valence-corrected chi connectivity index (χ3v) is 4.07. The summed E-state index contributed by atoms with van der Waals surface area (Å²) >= 11 is 0. The number of aryl methyl sites for hydroxylation is 1. The molecule has 0 spiro atoms. The number of allylic oxidation sites excluding steroid dienone is 2. The highest BCUT2D eigenvalue weighted by Crippen LogP contribution is 2.45. The topological polar surface area (TPSA) is 29.9 Å². The van der Waals surface area contributed by atoms with E-state index in [0.29, 0.717) is 6.04 Å². The lowest BCUT2D eigenvalue weighted by molar-refractivity contribution is 0.400. The van der Waals surface area contributed by atoms with Crippen molar-refractivity contribution >= 4 is 5.69 Å². The van der Waals surface area contributed by atoms with E-state index in [0.717, 1.165) is 23.4 Å². The van der Waals surface area contributed by atoms with Gasteiger partial charge in [0, 0.05) is 19.3 Å². The van der Waals surface area contributed by atoms with E-state index in [1.807, 2.05) is 24.1 Å². The van der Waals surface area contributed by atoms with E-state index < -0.39 is 0 Å². The predicted octanol–water partition coefficient (Wildman–Crippen LogP) is 2.43. The fourth-order valence-corrected chi connectivity index (χ4v) is 3.26. The number of anilines is 1. The number of fused-ring (bicyclic) bond motifs is 2. The molecule has 2 bridgehead atoms. The Morgan fingerprint density at radius 3 is 2.88 bits per heavy atom. The van der Waals surface area contributed by atoms with Gasteiger partial charge in [0.25, 0.3) is 0 Å². The SMILES string of the molecule is CC(Nc1cnn(C)c1)C1CC2C=CC1C2. The van der Waals surface area contributed by atoms with E-state index in [2.05, 4.69) is 29.5 Å². The molecule has 0 radical (unpaired) electrons. The summed E-state index contributed by atoms with van der Waals surface area (Å²) < 4.78 is 1.84. The van der Waals surface area contributed by atoms with E-state index in [-0.39, 0.29) is 0 Å². The number of hydrogen-bond donors (Lipinski definition) is 1. The lowest BCUT2D eigenvalue weighted by Gasteiger charge is -2.26. The van der Waals surface area contributed by atoms with Gasteiger partial charge in [0.1, 0.15) is 0 Å². The first-order valence-corrected chi connectivity index (χ1v) is 6.16. The Kier molecular flexibility index (Phi) is 2.27. The first-order chi connectivity index (χ1) is 7.72. The van der Waals surface area contributed by atoms with Crippen molar-refractivity contribution in [1.82, 2.24) is 9.78 Å². The first-order valence-electron chi connectivity index (χ1n) is 6.16. The standard InChI is InChI=1S/C13H19N3/c1-9(15-12-7-14-16(2)8-12)13-6-10-3-4-11(13)5-10/h3-4,7-11,13,15H,5-6H2,1-2H3. The number of rotatable bonds is 3. The van der Waals surface area contributed by atoms with Gasteiger partial charge in [-0.25, -0.2) is 0 Å². The summed E-state index contributed by atoms with van der Waals surface area (Å²) in [6, 6.07) is 0.546. The average molecular weight is 217 g/mol. The minimum atomic E-state index is 0.546. The van der Waals surface area contributed by atoms with Crippen molar-refractivity contribution in [3.63, 3.8) is 0 Å². The maximum absolute atomic E-state index is 4.18. The molecule has 0 aliphatic heterocycles. The van der Waals surface area contributed by atoms with E-state index in [4.69, 9.17) is 0 Å². The van der Waals surface area contributed by atoms with Crippen LogP contribution < -0.4 is 5.32 Å². The van der Waals surface area contributed by atoms with Crippen molar-refractivity contribution in [1.29, 1.82) is 0 Å². The van der Waals surface area contributed by atoms with Crippen molar-refractivity contribution in [2.75, 3.05) is 5.32 Å².